The van der Waals surface area contributed by atoms with Gasteiger partial charge in [-0.2, -0.15) is 0 Å². The average Bonchev–Trinajstić information content (AvgIpc) is 2.99. The molecule has 5 heteroatoms. The Morgan fingerprint density at radius 2 is 2.05 bits per heavy atom. The molecule has 1 N–H and O–H groups in total. The third-order valence-corrected chi connectivity index (χ3v) is 3.28. The lowest BCUT2D eigenvalue weighted by Crippen LogP contribution is -2.31. The molecule has 0 fully saturated rings. The molecule has 1 amide bonds. The molecule has 22 heavy (non-hydrogen) atoms. The minimum atomic E-state index is -0.502. The predicted octanol–water partition coefficient (Wildman–Crippen LogP) is 2.93. The zero-order valence-corrected chi connectivity index (χ0v) is 12.9. The van der Waals surface area contributed by atoms with Crippen molar-refractivity contribution in [2.75, 3.05) is 6.61 Å². The van der Waals surface area contributed by atoms with Crippen LogP contribution in [0.3, 0.4) is 0 Å². The van der Waals surface area contributed by atoms with Gasteiger partial charge in [0.2, 0.25) is 0 Å². The van der Waals surface area contributed by atoms with Crippen molar-refractivity contribution >= 4 is 11.9 Å². The molecule has 0 aliphatic heterocycles. The van der Waals surface area contributed by atoms with E-state index >= 15 is 0 Å². The van der Waals surface area contributed by atoms with E-state index in [4.69, 9.17) is 9.15 Å². The van der Waals surface area contributed by atoms with Gasteiger partial charge in [0, 0.05) is 0 Å². The van der Waals surface area contributed by atoms with Gasteiger partial charge in [-0.25, -0.2) is 4.79 Å². The molecule has 116 valence electrons. The Balaban J connectivity index is 1.86. The maximum atomic E-state index is 12.0. The number of hydrogen-bond acceptors (Lipinski definition) is 4. The Kier molecular flexibility index (Phi) is 4.99. The van der Waals surface area contributed by atoms with Gasteiger partial charge in [0.05, 0.1) is 17.9 Å². The Hall–Kier alpha value is -2.56. The highest BCUT2D eigenvalue weighted by Gasteiger charge is 2.15. The van der Waals surface area contributed by atoms with Crippen LogP contribution in [0.25, 0.3) is 0 Å². The summed E-state index contributed by atoms with van der Waals surface area (Å²) >= 11 is 0. The SMILES string of the molecule is Cc1ccc(C(=O)OCC(=O)N[C@@H](C)c2ccco2)c(C)c1. The lowest BCUT2D eigenvalue weighted by Gasteiger charge is -2.12. The van der Waals surface area contributed by atoms with Crippen molar-refractivity contribution < 1.29 is 18.7 Å². The fraction of sp³-hybridized carbons (Fsp3) is 0.294. The molecule has 1 heterocycles. The van der Waals surface area contributed by atoms with Crippen molar-refractivity contribution in [2.45, 2.75) is 26.8 Å². The Labute approximate surface area is 129 Å². The fourth-order valence-corrected chi connectivity index (χ4v) is 2.14. The minimum absolute atomic E-state index is 0.276. The molecule has 2 rings (SSSR count). The van der Waals surface area contributed by atoms with E-state index < -0.39 is 5.97 Å². The highest BCUT2D eigenvalue weighted by Crippen LogP contribution is 2.13. The van der Waals surface area contributed by atoms with E-state index in [0.717, 1.165) is 11.1 Å². The highest BCUT2D eigenvalue weighted by atomic mass is 16.5. The van der Waals surface area contributed by atoms with Gasteiger partial charge in [-0.3, -0.25) is 4.79 Å². The summed E-state index contributed by atoms with van der Waals surface area (Å²) in [6.45, 7) is 5.26. The fourth-order valence-electron chi connectivity index (χ4n) is 2.14. The molecule has 0 radical (unpaired) electrons. The number of carbonyl (C=O) groups excluding carboxylic acids is 2. The molecule has 1 aromatic carbocycles. The number of esters is 1. The number of amides is 1. The van der Waals surface area contributed by atoms with Crippen LogP contribution in [0.1, 0.15) is 40.2 Å². The molecule has 0 spiro atoms. The molecule has 5 nitrogen and oxygen atoms in total. The van der Waals surface area contributed by atoms with Crippen LogP contribution in [0.2, 0.25) is 0 Å². The molecular formula is C17H19NO4. The van der Waals surface area contributed by atoms with E-state index in [1.54, 1.807) is 25.1 Å². The molecule has 1 aromatic heterocycles. The molecule has 0 saturated carbocycles. The number of aryl methyl sites for hydroxylation is 2. The quantitative estimate of drug-likeness (QED) is 0.862. The van der Waals surface area contributed by atoms with Gasteiger partial charge in [0.15, 0.2) is 6.61 Å². The molecule has 0 bridgehead atoms. The van der Waals surface area contributed by atoms with E-state index in [-0.39, 0.29) is 18.6 Å². The maximum Gasteiger partial charge on any atom is 0.338 e. The van der Waals surface area contributed by atoms with Crippen LogP contribution < -0.4 is 5.32 Å². The van der Waals surface area contributed by atoms with Gasteiger partial charge < -0.3 is 14.5 Å². The number of furan rings is 1. The van der Waals surface area contributed by atoms with E-state index in [0.29, 0.717) is 11.3 Å². The zero-order chi connectivity index (χ0) is 16.1. The van der Waals surface area contributed by atoms with Crippen LogP contribution in [-0.4, -0.2) is 18.5 Å². The predicted molar refractivity (Wildman–Crippen MR) is 81.5 cm³/mol. The molecule has 2 aromatic rings. The second-order valence-electron chi connectivity index (χ2n) is 5.20. The zero-order valence-electron chi connectivity index (χ0n) is 12.9. The van der Waals surface area contributed by atoms with Crippen LogP contribution in [0, 0.1) is 13.8 Å². The van der Waals surface area contributed by atoms with Gasteiger partial charge >= 0.3 is 5.97 Å². The van der Waals surface area contributed by atoms with Gasteiger partial charge in [0.25, 0.3) is 5.91 Å². The monoisotopic (exact) mass is 301 g/mol. The molecule has 0 unspecified atom stereocenters. The number of rotatable bonds is 5. The number of hydrogen-bond donors (Lipinski definition) is 1. The van der Waals surface area contributed by atoms with Crippen molar-refractivity contribution in [1.82, 2.24) is 5.32 Å². The lowest BCUT2D eigenvalue weighted by atomic mass is 10.1. The number of benzene rings is 1. The number of ether oxygens (including phenoxy) is 1. The second-order valence-corrected chi connectivity index (χ2v) is 5.20. The standard InChI is InChI=1S/C17H19NO4/c1-11-6-7-14(12(2)9-11)17(20)22-10-16(19)18-13(3)15-5-4-8-21-15/h4-9,13H,10H2,1-3H3,(H,18,19)/t13-/m0/s1. The summed E-state index contributed by atoms with van der Waals surface area (Å²) in [6.07, 6.45) is 1.54. The minimum Gasteiger partial charge on any atom is -0.467 e. The largest absolute Gasteiger partial charge is 0.467 e. The Morgan fingerprint density at radius 3 is 2.68 bits per heavy atom. The average molecular weight is 301 g/mol. The van der Waals surface area contributed by atoms with Crippen molar-refractivity contribution in [3.8, 4) is 0 Å². The molecule has 1 atom stereocenters. The van der Waals surface area contributed by atoms with Crippen LogP contribution in [0.4, 0.5) is 0 Å². The molecule has 0 saturated heterocycles. The van der Waals surface area contributed by atoms with E-state index in [2.05, 4.69) is 5.32 Å². The summed E-state index contributed by atoms with van der Waals surface area (Å²) in [4.78, 5) is 23.8. The van der Waals surface area contributed by atoms with Gasteiger partial charge in [-0.1, -0.05) is 17.7 Å². The van der Waals surface area contributed by atoms with Crippen LogP contribution in [0.5, 0.6) is 0 Å². The first kappa shape index (κ1) is 15.8. The smallest absolute Gasteiger partial charge is 0.338 e. The Morgan fingerprint density at radius 1 is 1.27 bits per heavy atom. The molecule has 0 aliphatic carbocycles. The van der Waals surface area contributed by atoms with E-state index in [1.807, 2.05) is 26.0 Å². The first-order valence-electron chi connectivity index (χ1n) is 7.04. The molecule has 0 aliphatic rings. The van der Waals surface area contributed by atoms with E-state index in [9.17, 15) is 9.59 Å². The topological polar surface area (TPSA) is 68.5 Å². The van der Waals surface area contributed by atoms with Crippen molar-refractivity contribution in [1.29, 1.82) is 0 Å². The van der Waals surface area contributed by atoms with Crippen LogP contribution in [-0.2, 0) is 9.53 Å². The first-order valence-corrected chi connectivity index (χ1v) is 7.04. The summed E-state index contributed by atoms with van der Waals surface area (Å²) in [5, 5.41) is 2.70. The third kappa shape index (κ3) is 3.97. The van der Waals surface area contributed by atoms with Gasteiger partial charge in [-0.05, 0) is 44.5 Å². The summed E-state index contributed by atoms with van der Waals surface area (Å²) in [7, 11) is 0. The van der Waals surface area contributed by atoms with E-state index in [1.165, 1.54) is 6.26 Å². The third-order valence-electron chi connectivity index (χ3n) is 3.28. The van der Waals surface area contributed by atoms with Crippen LogP contribution >= 0.6 is 0 Å². The van der Waals surface area contributed by atoms with Crippen molar-refractivity contribution in [2.24, 2.45) is 0 Å². The summed E-state index contributed by atoms with van der Waals surface area (Å²) in [5.41, 5.74) is 2.37. The normalized spacial score (nSPS) is 11.8. The van der Waals surface area contributed by atoms with Crippen molar-refractivity contribution in [3.63, 3.8) is 0 Å². The lowest BCUT2D eigenvalue weighted by molar-refractivity contribution is -0.125. The summed E-state index contributed by atoms with van der Waals surface area (Å²) < 4.78 is 10.2. The first-order chi connectivity index (χ1) is 10.5. The Bertz CT molecular complexity index is 661. The maximum absolute atomic E-state index is 12.0. The van der Waals surface area contributed by atoms with Crippen LogP contribution in [0.15, 0.2) is 41.0 Å². The second kappa shape index (κ2) is 6.93. The number of nitrogens with one attached hydrogen (secondary N) is 1. The van der Waals surface area contributed by atoms with Gasteiger partial charge in [-0.15, -0.1) is 0 Å². The summed E-state index contributed by atoms with van der Waals surface area (Å²) in [6, 6.07) is 8.68. The highest BCUT2D eigenvalue weighted by molar-refractivity contribution is 5.92. The number of carbonyl (C=O) groups is 2. The van der Waals surface area contributed by atoms with Crippen molar-refractivity contribution in [3.05, 3.63) is 59.0 Å². The summed E-state index contributed by atoms with van der Waals surface area (Å²) in [5.74, 6) is -0.227. The van der Waals surface area contributed by atoms with Gasteiger partial charge in [0.1, 0.15) is 5.76 Å². The molecular weight excluding hydrogens is 282 g/mol.